The number of esters is 1. The molecule has 0 saturated carbocycles. The summed E-state index contributed by atoms with van der Waals surface area (Å²) in [6.07, 6.45) is -3.03. The quantitative estimate of drug-likeness (QED) is 0.472. The van der Waals surface area contributed by atoms with E-state index in [9.17, 15) is 23.1 Å². The van der Waals surface area contributed by atoms with Crippen LogP contribution in [0, 0.1) is 12.8 Å². The number of phenolic OH excluding ortho intramolecular Hbond substituents is 1. The van der Waals surface area contributed by atoms with E-state index in [1.165, 1.54) is 13.2 Å². The lowest BCUT2D eigenvalue weighted by Gasteiger charge is -2.34. The van der Waals surface area contributed by atoms with Gasteiger partial charge in [0.15, 0.2) is 5.82 Å². The number of piperidine rings is 1. The van der Waals surface area contributed by atoms with Crippen molar-refractivity contribution in [3.63, 3.8) is 0 Å². The summed E-state index contributed by atoms with van der Waals surface area (Å²) in [6.45, 7) is 5.91. The highest BCUT2D eigenvalue weighted by Gasteiger charge is 2.31. The van der Waals surface area contributed by atoms with Gasteiger partial charge in [0.25, 0.3) is 0 Å². The molecule has 0 spiro atoms. The molecule has 2 aromatic rings. The number of aromatic nitrogens is 2. The molecule has 0 bridgehead atoms. The van der Waals surface area contributed by atoms with Gasteiger partial charge >= 0.3 is 12.3 Å². The van der Waals surface area contributed by atoms with Crippen molar-refractivity contribution in [2.24, 2.45) is 11.7 Å². The van der Waals surface area contributed by atoms with Crippen molar-refractivity contribution in [2.45, 2.75) is 45.6 Å². The third-order valence-electron chi connectivity index (χ3n) is 5.99. The number of halogens is 3. The number of carbonyl (C=O) groups excluding carboxylic acids is 1. The molecule has 1 aromatic heterocycles. The van der Waals surface area contributed by atoms with Crippen LogP contribution in [0.5, 0.6) is 11.5 Å². The fraction of sp³-hybridized carbons (Fsp3) is 0.522. The molecule has 4 N–H and O–H groups in total. The summed E-state index contributed by atoms with van der Waals surface area (Å²) in [5.41, 5.74) is 7.86. The van der Waals surface area contributed by atoms with Gasteiger partial charge in [-0.25, -0.2) is 0 Å². The maximum atomic E-state index is 12.5. The number of aromatic hydroxyl groups is 1. The molecule has 0 aliphatic carbocycles. The maximum Gasteiger partial charge on any atom is 0.573 e. The molecule has 35 heavy (non-hydrogen) atoms. The minimum Gasteiger partial charge on any atom is -0.507 e. The first kappa shape index (κ1) is 26.5. The molecule has 1 aliphatic heterocycles. The molecular weight excluding hydrogens is 467 g/mol. The van der Waals surface area contributed by atoms with Crippen molar-refractivity contribution in [3.8, 4) is 22.8 Å². The van der Waals surface area contributed by atoms with Crippen molar-refractivity contribution in [1.82, 2.24) is 15.1 Å². The lowest BCUT2D eigenvalue weighted by Crippen LogP contribution is -2.45. The summed E-state index contributed by atoms with van der Waals surface area (Å²) in [5.74, 6) is -0.928. The van der Waals surface area contributed by atoms with E-state index in [0.717, 1.165) is 31.5 Å². The number of nitrogens with two attached hydrogens (primary N) is 1. The predicted octanol–water partition coefficient (Wildman–Crippen LogP) is 3.20. The van der Waals surface area contributed by atoms with E-state index in [1.54, 1.807) is 6.92 Å². The highest BCUT2D eigenvalue weighted by Crippen LogP contribution is 2.36. The van der Waals surface area contributed by atoms with Crippen molar-refractivity contribution in [2.75, 3.05) is 32.1 Å². The zero-order valence-corrected chi connectivity index (χ0v) is 19.9. The van der Waals surface area contributed by atoms with Gasteiger partial charge in [0.1, 0.15) is 17.2 Å². The van der Waals surface area contributed by atoms with E-state index < -0.39 is 17.9 Å². The average Bonchev–Trinajstić information content (AvgIpc) is 2.78. The Morgan fingerprint density at radius 1 is 1.37 bits per heavy atom. The summed E-state index contributed by atoms with van der Waals surface area (Å²) in [5, 5.41) is 22.2. The fourth-order valence-electron chi connectivity index (χ4n) is 4.28. The number of rotatable bonds is 8. The van der Waals surface area contributed by atoms with Crippen LogP contribution in [0.4, 0.5) is 19.0 Å². The molecule has 1 unspecified atom stereocenters. The second kappa shape index (κ2) is 11.1. The van der Waals surface area contributed by atoms with Gasteiger partial charge < -0.3 is 30.5 Å². The summed E-state index contributed by atoms with van der Waals surface area (Å²) in [4.78, 5) is 14.0. The molecule has 3 rings (SSSR count). The second-order valence-corrected chi connectivity index (χ2v) is 8.60. The molecule has 0 amide bonds. The smallest absolute Gasteiger partial charge is 0.507 e. The number of alkyl halides is 3. The number of phenols is 1. The molecule has 1 fully saturated rings. The monoisotopic (exact) mass is 497 g/mol. The molecule has 192 valence electrons. The molecule has 9 nitrogen and oxygen atoms in total. The van der Waals surface area contributed by atoms with Crippen LogP contribution >= 0.6 is 0 Å². The van der Waals surface area contributed by atoms with E-state index in [1.807, 2.05) is 6.92 Å². The third kappa shape index (κ3) is 6.73. The van der Waals surface area contributed by atoms with Crippen LogP contribution in [0.25, 0.3) is 11.3 Å². The van der Waals surface area contributed by atoms with Crippen LogP contribution < -0.4 is 15.8 Å². The molecular formula is C23H30F3N5O4. The Hall–Kier alpha value is -3.12. The topological polar surface area (TPSA) is 123 Å². The maximum absolute atomic E-state index is 12.5. The Morgan fingerprint density at radius 2 is 2.11 bits per heavy atom. The summed E-state index contributed by atoms with van der Waals surface area (Å²) in [6, 6.07) is 3.33. The SMILES string of the molecule is COC(=O)[C@@H](C)CN1CCCC(Nc2nnc(-c3ccc(OC(F)(F)F)cc3O)c(C)c2CN)C1. The van der Waals surface area contributed by atoms with Gasteiger partial charge in [-0.2, -0.15) is 0 Å². The Labute approximate surface area is 201 Å². The number of anilines is 1. The Balaban J connectivity index is 1.78. The van der Waals surface area contributed by atoms with Crippen LogP contribution in [0.3, 0.4) is 0 Å². The molecule has 1 aliphatic rings. The van der Waals surface area contributed by atoms with Crippen molar-refractivity contribution < 1.29 is 32.5 Å². The van der Waals surface area contributed by atoms with Gasteiger partial charge in [-0.05, 0) is 44.0 Å². The zero-order chi connectivity index (χ0) is 25.8. The van der Waals surface area contributed by atoms with Gasteiger partial charge in [-0.15, -0.1) is 23.4 Å². The number of likely N-dealkylation sites (tertiary alicyclic amines) is 1. The lowest BCUT2D eigenvalue weighted by molar-refractivity contribution is -0.274. The summed E-state index contributed by atoms with van der Waals surface area (Å²) < 4.78 is 46.1. The third-order valence-corrected chi connectivity index (χ3v) is 5.99. The van der Waals surface area contributed by atoms with E-state index in [-0.39, 0.29) is 30.0 Å². The number of nitrogens with zero attached hydrogens (tertiary/aromatic N) is 3. The van der Waals surface area contributed by atoms with Crippen LogP contribution in [0.15, 0.2) is 18.2 Å². The van der Waals surface area contributed by atoms with Gasteiger partial charge in [0.2, 0.25) is 0 Å². The summed E-state index contributed by atoms with van der Waals surface area (Å²) >= 11 is 0. The number of hydrogen-bond acceptors (Lipinski definition) is 9. The average molecular weight is 498 g/mol. The predicted molar refractivity (Wildman–Crippen MR) is 123 cm³/mol. The molecule has 1 aromatic carbocycles. The van der Waals surface area contributed by atoms with Crippen LogP contribution in [0.2, 0.25) is 0 Å². The lowest BCUT2D eigenvalue weighted by atomic mass is 10.0. The number of methoxy groups -OCH3 is 1. The largest absolute Gasteiger partial charge is 0.573 e. The Kier molecular flexibility index (Phi) is 8.39. The van der Waals surface area contributed by atoms with Crippen LogP contribution in [-0.2, 0) is 16.1 Å². The first-order valence-electron chi connectivity index (χ1n) is 11.2. The van der Waals surface area contributed by atoms with E-state index >= 15 is 0 Å². The Morgan fingerprint density at radius 3 is 2.74 bits per heavy atom. The van der Waals surface area contributed by atoms with E-state index in [4.69, 9.17) is 10.5 Å². The molecule has 12 heteroatoms. The molecule has 0 radical (unpaired) electrons. The Bertz CT molecular complexity index is 1050. The molecule has 2 heterocycles. The minimum atomic E-state index is -4.87. The van der Waals surface area contributed by atoms with Crippen LogP contribution in [-0.4, -0.2) is 65.3 Å². The van der Waals surface area contributed by atoms with Gasteiger partial charge in [0.05, 0.1) is 13.0 Å². The van der Waals surface area contributed by atoms with Crippen molar-refractivity contribution >= 4 is 11.8 Å². The first-order valence-corrected chi connectivity index (χ1v) is 11.2. The normalized spacial score (nSPS) is 17.6. The van der Waals surface area contributed by atoms with Crippen molar-refractivity contribution in [3.05, 3.63) is 29.3 Å². The number of nitrogens with one attached hydrogen (secondary N) is 1. The van der Waals surface area contributed by atoms with Gasteiger partial charge in [-0.3, -0.25) is 4.79 Å². The first-order chi connectivity index (χ1) is 16.5. The zero-order valence-electron chi connectivity index (χ0n) is 19.9. The van der Waals surface area contributed by atoms with Gasteiger partial charge in [0, 0.05) is 42.9 Å². The number of ether oxygens (including phenoxy) is 2. The minimum absolute atomic E-state index is 0.0608. The highest BCUT2D eigenvalue weighted by atomic mass is 19.4. The van der Waals surface area contributed by atoms with E-state index in [2.05, 4.69) is 25.2 Å². The number of carbonyl (C=O) groups is 1. The second-order valence-electron chi connectivity index (χ2n) is 8.60. The van der Waals surface area contributed by atoms with Crippen molar-refractivity contribution in [1.29, 1.82) is 0 Å². The standard InChI is InChI=1S/C23H30F3N5O4/c1-13(22(33)34-3)11-31-8-4-5-15(12-31)28-21-18(10-27)14(2)20(29-30-21)17-7-6-16(9-19(17)32)35-23(24,25)26/h6-7,9,13,15,32H,4-5,8,10-12,27H2,1-3H3,(H,28,30)/t13-,15?/m0/s1. The van der Waals surface area contributed by atoms with Gasteiger partial charge in [-0.1, -0.05) is 6.92 Å². The molecule has 1 saturated heterocycles. The summed E-state index contributed by atoms with van der Waals surface area (Å²) in [7, 11) is 1.38. The highest BCUT2D eigenvalue weighted by molar-refractivity contribution is 5.73. The van der Waals surface area contributed by atoms with Crippen LogP contribution in [0.1, 0.15) is 30.9 Å². The fourth-order valence-corrected chi connectivity index (χ4v) is 4.28. The number of hydrogen-bond donors (Lipinski definition) is 3. The van der Waals surface area contributed by atoms with E-state index in [0.29, 0.717) is 35.7 Å². The number of benzene rings is 1. The molecule has 2 atom stereocenters.